The second-order valence-corrected chi connectivity index (χ2v) is 9.24. The molecule has 1 aliphatic heterocycles. The van der Waals surface area contributed by atoms with Gasteiger partial charge in [-0.25, -0.2) is 18.6 Å². The van der Waals surface area contributed by atoms with Crippen molar-refractivity contribution in [2.75, 3.05) is 51.8 Å². The Morgan fingerprint density at radius 3 is 2.79 bits per heavy atom. The fourth-order valence-electron chi connectivity index (χ4n) is 4.25. The first-order valence-corrected chi connectivity index (χ1v) is 12.9. The fourth-order valence-corrected chi connectivity index (χ4v) is 4.25. The number of aliphatic carboxylic acids is 1. The van der Waals surface area contributed by atoms with Crippen LogP contribution in [-0.4, -0.2) is 79.4 Å². The van der Waals surface area contributed by atoms with Gasteiger partial charge >= 0.3 is 5.97 Å². The third kappa shape index (κ3) is 9.53. The highest BCUT2D eigenvalue weighted by atomic mass is 19.1. The predicted octanol–water partition coefficient (Wildman–Crippen LogP) is 3.03. The molecule has 3 N–H and O–H groups in total. The van der Waals surface area contributed by atoms with E-state index in [2.05, 4.69) is 27.7 Å². The van der Waals surface area contributed by atoms with E-state index in [9.17, 15) is 23.5 Å². The van der Waals surface area contributed by atoms with Crippen LogP contribution in [0, 0.1) is 11.6 Å². The van der Waals surface area contributed by atoms with E-state index in [1.165, 1.54) is 5.56 Å². The maximum absolute atomic E-state index is 13.7. The van der Waals surface area contributed by atoms with E-state index in [0.717, 1.165) is 68.8 Å². The number of hydrogen-bond donors (Lipinski definition) is 3. The summed E-state index contributed by atoms with van der Waals surface area (Å²) >= 11 is 0. The molecular weight excluding hydrogens is 498 g/mol. The van der Waals surface area contributed by atoms with Crippen LogP contribution in [0.25, 0.3) is 0 Å². The molecule has 1 aliphatic rings. The van der Waals surface area contributed by atoms with E-state index >= 15 is 0 Å². The van der Waals surface area contributed by atoms with Crippen LogP contribution in [0.1, 0.15) is 36.9 Å². The van der Waals surface area contributed by atoms with Gasteiger partial charge in [0.25, 0.3) is 5.91 Å². The molecule has 0 saturated carbocycles. The molecule has 1 amide bonds. The Bertz CT molecular complexity index is 1070. The lowest BCUT2D eigenvalue weighted by Gasteiger charge is -2.24. The van der Waals surface area contributed by atoms with Gasteiger partial charge in [-0.15, -0.1) is 0 Å². The highest BCUT2D eigenvalue weighted by Gasteiger charge is 2.21. The quantitative estimate of drug-likeness (QED) is 0.282. The first-order chi connectivity index (χ1) is 18.4. The van der Waals surface area contributed by atoms with E-state index in [1.54, 1.807) is 7.11 Å². The molecule has 11 heteroatoms. The van der Waals surface area contributed by atoms with E-state index in [4.69, 9.17) is 14.5 Å². The van der Waals surface area contributed by atoms with Crippen molar-refractivity contribution < 1.29 is 33.0 Å². The number of halogens is 2. The lowest BCUT2D eigenvalue weighted by atomic mass is 10.1. The van der Waals surface area contributed by atoms with Gasteiger partial charge < -0.3 is 30.1 Å². The lowest BCUT2D eigenvalue weighted by Crippen LogP contribution is -2.45. The number of carbonyl (C=O) groups is 2. The van der Waals surface area contributed by atoms with E-state index in [-0.39, 0.29) is 12.2 Å². The Balaban J connectivity index is 1.43. The van der Waals surface area contributed by atoms with Gasteiger partial charge in [-0.2, -0.15) is 0 Å². The third-order valence-corrected chi connectivity index (χ3v) is 6.34. The highest BCUT2D eigenvalue weighted by molar-refractivity contribution is 5.84. The Morgan fingerprint density at radius 2 is 2.03 bits per heavy atom. The molecule has 2 aromatic rings. The number of nitrogens with zero attached hydrogens (tertiary/aromatic N) is 2. The van der Waals surface area contributed by atoms with Crippen molar-refractivity contribution in [1.82, 2.24) is 15.2 Å². The number of carboxylic acid groups (broad SMARTS) is 1. The molecule has 1 unspecified atom stereocenters. The van der Waals surface area contributed by atoms with E-state index < -0.39 is 36.2 Å². The van der Waals surface area contributed by atoms with Crippen LogP contribution in [0.15, 0.2) is 30.3 Å². The third-order valence-electron chi connectivity index (χ3n) is 6.34. The van der Waals surface area contributed by atoms with E-state index in [1.807, 2.05) is 0 Å². The number of pyridine rings is 1. The smallest absolute Gasteiger partial charge is 0.326 e. The number of aromatic nitrogens is 1. The summed E-state index contributed by atoms with van der Waals surface area (Å²) in [7, 11) is 1.61. The Labute approximate surface area is 221 Å². The van der Waals surface area contributed by atoms with Crippen molar-refractivity contribution in [1.29, 1.82) is 0 Å². The number of benzene rings is 1. The number of fused-ring (bicyclic) bond motifs is 1. The summed E-state index contributed by atoms with van der Waals surface area (Å²) in [5.41, 5.74) is 2.32. The number of hydrogen-bond acceptors (Lipinski definition) is 7. The molecule has 1 aromatic carbocycles. The molecule has 1 aromatic heterocycles. The number of unbranched alkanes of at least 4 members (excludes halogenated alkanes) is 1. The van der Waals surface area contributed by atoms with Crippen molar-refractivity contribution in [3.8, 4) is 5.75 Å². The molecule has 208 valence electrons. The first-order valence-electron chi connectivity index (χ1n) is 12.9. The van der Waals surface area contributed by atoms with Crippen molar-refractivity contribution in [3.63, 3.8) is 0 Å². The number of anilines is 1. The second-order valence-electron chi connectivity index (χ2n) is 9.24. The average molecular weight is 535 g/mol. The molecule has 3 rings (SSSR count). The predicted molar refractivity (Wildman–Crippen MR) is 138 cm³/mol. The summed E-state index contributed by atoms with van der Waals surface area (Å²) in [4.78, 5) is 30.8. The second kappa shape index (κ2) is 15.2. The Morgan fingerprint density at radius 1 is 1.18 bits per heavy atom. The Kier molecular flexibility index (Phi) is 11.7. The van der Waals surface area contributed by atoms with Gasteiger partial charge in [0.15, 0.2) is 18.2 Å². The van der Waals surface area contributed by atoms with E-state index in [0.29, 0.717) is 25.8 Å². The van der Waals surface area contributed by atoms with Crippen molar-refractivity contribution in [2.24, 2.45) is 0 Å². The molecule has 0 bridgehead atoms. The number of methoxy groups -OCH3 is 1. The van der Waals surface area contributed by atoms with Gasteiger partial charge in [-0.1, -0.05) is 6.07 Å². The SMILES string of the molecule is COCCN(CCCCc1ccc2c(n1)NCCC2)CCC(NC(=O)COc1ccc(F)cc1F)C(=O)O. The number of rotatable bonds is 16. The minimum Gasteiger partial charge on any atom is -0.481 e. The summed E-state index contributed by atoms with van der Waals surface area (Å²) in [6.07, 6.45) is 5.05. The maximum Gasteiger partial charge on any atom is 0.326 e. The molecular formula is C27H36F2N4O5. The molecule has 0 aliphatic carbocycles. The standard InChI is InChI=1S/C27H36F2N4O5/c1-37-16-15-33(13-3-2-6-21-9-7-19-5-4-12-30-26(19)31-21)14-11-23(27(35)36)32-25(34)18-38-24-10-8-20(28)17-22(24)29/h7-10,17,23H,2-6,11-16,18H2,1H3,(H,30,31)(H,32,34)(H,35,36). The zero-order valence-corrected chi connectivity index (χ0v) is 21.7. The van der Waals surface area contributed by atoms with Crippen LogP contribution in [0.5, 0.6) is 5.75 Å². The van der Waals surface area contributed by atoms with Gasteiger partial charge in [0.2, 0.25) is 0 Å². The van der Waals surface area contributed by atoms with Gasteiger partial charge in [0, 0.05) is 38.5 Å². The van der Waals surface area contributed by atoms with Gasteiger partial charge in [-0.05, 0) is 68.8 Å². The number of carboxylic acids is 1. The molecule has 0 spiro atoms. The van der Waals surface area contributed by atoms with Crippen LogP contribution in [0.4, 0.5) is 14.6 Å². The number of nitrogens with one attached hydrogen (secondary N) is 2. The number of aryl methyl sites for hydroxylation is 2. The summed E-state index contributed by atoms with van der Waals surface area (Å²) in [6, 6.07) is 5.81. The topological polar surface area (TPSA) is 113 Å². The van der Waals surface area contributed by atoms with Crippen LogP contribution < -0.4 is 15.4 Å². The fraction of sp³-hybridized carbons (Fsp3) is 0.519. The summed E-state index contributed by atoms with van der Waals surface area (Å²) in [6.45, 7) is 2.68. The van der Waals surface area contributed by atoms with Crippen LogP contribution in [0.3, 0.4) is 0 Å². The lowest BCUT2D eigenvalue weighted by molar-refractivity contribution is -0.142. The summed E-state index contributed by atoms with van der Waals surface area (Å²) < 4.78 is 36.9. The molecule has 1 atom stereocenters. The molecule has 0 fully saturated rings. The van der Waals surface area contributed by atoms with Gasteiger partial charge in [0.05, 0.1) is 6.61 Å². The normalized spacial score (nSPS) is 13.5. The van der Waals surface area contributed by atoms with Crippen molar-refractivity contribution in [2.45, 2.75) is 44.6 Å². The first kappa shape index (κ1) is 29.2. The van der Waals surface area contributed by atoms with Gasteiger partial charge in [0.1, 0.15) is 17.7 Å². The molecule has 0 radical (unpaired) electrons. The van der Waals surface area contributed by atoms with Crippen LogP contribution >= 0.6 is 0 Å². The summed E-state index contributed by atoms with van der Waals surface area (Å²) in [5.74, 6) is -2.90. The Hall–Kier alpha value is -3.31. The maximum atomic E-state index is 13.7. The molecule has 9 nitrogen and oxygen atoms in total. The highest BCUT2D eigenvalue weighted by Crippen LogP contribution is 2.20. The minimum absolute atomic E-state index is 0.174. The molecule has 2 heterocycles. The van der Waals surface area contributed by atoms with Crippen molar-refractivity contribution >= 4 is 17.7 Å². The molecule has 38 heavy (non-hydrogen) atoms. The van der Waals surface area contributed by atoms with Crippen LogP contribution in [-0.2, 0) is 27.2 Å². The largest absolute Gasteiger partial charge is 0.481 e. The summed E-state index contributed by atoms with van der Waals surface area (Å²) in [5, 5.41) is 15.3. The van der Waals surface area contributed by atoms with Crippen LogP contribution in [0.2, 0.25) is 0 Å². The zero-order chi connectivity index (χ0) is 27.3. The number of amides is 1. The monoisotopic (exact) mass is 534 g/mol. The minimum atomic E-state index is -1.18. The van der Waals surface area contributed by atoms with Crippen molar-refractivity contribution in [3.05, 3.63) is 53.2 Å². The number of carbonyl (C=O) groups excluding carboxylic acids is 1. The zero-order valence-electron chi connectivity index (χ0n) is 21.7. The van der Waals surface area contributed by atoms with Gasteiger partial charge in [-0.3, -0.25) is 4.79 Å². The average Bonchev–Trinajstić information content (AvgIpc) is 2.90. The number of ether oxygens (including phenoxy) is 2. The molecule has 0 saturated heterocycles.